The first-order chi connectivity index (χ1) is 10.6. The first-order valence-electron chi connectivity index (χ1n) is 8.27. The third-order valence-electron chi connectivity index (χ3n) is 3.91. The van der Waals surface area contributed by atoms with Crippen molar-refractivity contribution >= 4 is 10.9 Å². The lowest BCUT2D eigenvalue weighted by Gasteiger charge is -2.24. The summed E-state index contributed by atoms with van der Waals surface area (Å²) in [5, 5.41) is 1.15. The van der Waals surface area contributed by atoms with E-state index in [9.17, 15) is 0 Å². The minimum Gasteiger partial charge on any atom is -0.490 e. The summed E-state index contributed by atoms with van der Waals surface area (Å²) in [5.74, 6) is 0.961. The van der Waals surface area contributed by atoms with Gasteiger partial charge in [-0.1, -0.05) is 19.9 Å². The molecule has 120 valence electrons. The molecule has 2 aromatic rings. The standard InChI is InChI=1S/C17H21NO2.C2H6/c1-11-4-5-15(20-14-6-8-19-9-7-14)16-12(2)10-13(3)18-17(11)16;1-2/h4-5,10,14H,6-9H2,1-3H3;1-2H3. The first kappa shape index (κ1) is 16.8. The molecule has 0 bridgehead atoms. The van der Waals surface area contributed by atoms with E-state index >= 15 is 0 Å². The van der Waals surface area contributed by atoms with Gasteiger partial charge in [0, 0.05) is 23.9 Å². The fourth-order valence-corrected chi connectivity index (χ4v) is 2.87. The van der Waals surface area contributed by atoms with Crippen molar-refractivity contribution in [1.29, 1.82) is 0 Å². The molecule has 1 aliphatic heterocycles. The number of hydrogen-bond donors (Lipinski definition) is 0. The molecule has 1 aromatic carbocycles. The minimum atomic E-state index is 0.260. The Morgan fingerprint density at radius 3 is 2.41 bits per heavy atom. The summed E-state index contributed by atoms with van der Waals surface area (Å²) in [6, 6.07) is 6.30. The Morgan fingerprint density at radius 1 is 1.05 bits per heavy atom. The monoisotopic (exact) mass is 301 g/mol. The molecule has 3 heteroatoms. The Balaban J connectivity index is 0.000000847. The summed E-state index contributed by atoms with van der Waals surface area (Å²) < 4.78 is 11.6. The lowest BCUT2D eigenvalue weighted by molar-refractivity contribution is 0.0261. The number of benzene rings is 1. The van der Waals surface area contributed by atoms with Crippen LogP contribution in [0.3, 0.4) is 0 Å². The van der Waals surface area contributed by atoms with Gasteiger partial charge in [0.15, 0.2) is 0 Å². The van der Waals surface area contributed by atoms with Gasteiger partial charge in [0.1, 0.15) is 11.9 Å². The summed E-state index contributed by atoms with van der Waals surface area (Å²) in [7, 11) is 0. The molecule has 0 N–H and O–H groups in total. The SMILES string of the molecule is CC.Cc1cc(C)c2c(OC3CCOCC3)ccc(C)c2n1. The smallest absolute Gasteiger partial charge is 0.129 e. The predicted octanol–water partition coefficient (Wildman–Crippen LogP) is 4.74. The lowest BCUT2D eigenvalue weighted by atomic mass is 10.0. The largest absolute Gasteiger partial charge is 0.490 e. The zero-order valence-electron chi connectivity index (χ0n) is 14.4. The van der Waals surface area contributed by atoms with Gasteiger partial charge in [-0.15, -0.1) is 0 Å². The Labute approximate surface area is 133 Å². The molecule has 3 nitrogen and oxygen atoms in total. The molecule has 0 aliphatic carbocycles. The van der Waals surface area contributed by atoms with E-state index < -0.39 is 0 Å². The highest BCUT2D eigenvalue weighted by Crippen LogP contribution is 2.32. The highest BCUT2D eigenvalue weighted by Gasteiger charge is 2.18. The van der Waals surface area contributed by atoms with E-state index in [4.69, 9.17) is 9.47 Å². The third kappa shape index (κ3) is 3.58. The van der Waals surface area contributed by atoms with Gasteiger partial charge in [0.25, 0.3) is 0 Å². The molecular formula is C19H27NO2. The van der Waals surface area contributed by atoms with Gasteiger partial charge in [0.2, 0.25) is 0 Å². The van der Waals surface area contributed by atoms with E-state index in [1.165, 1.54) is 11.1 Å². The lowest BCUT2D eigenvalue weighted by Crippen LogP contribution is -2.26. The Bertz CT molecular complexity index is 631. The van der Waals surface area contributed by atoms with Crippen LogP contribution in [0.4, 0.5) is 0 Å². The highest BCUT2D eigenvalue weighted by molar-refractivity contribution is 5.90. The predicted molar refractivity (Wildman–Crippen MR) is 91.8 cm³/mol. The number of hydrogen-bond acceptors (Lipinski definition) is 3. The van der Waals surface area contributed by atoms with E-state index in [0.717, 1.165) is 48.4 Å². The van der Waals surface area contributed by atoms with Crippen molar-refractivity contribution in [3.63, 3.8) is 0 Å². The molecule has 1 saturated heterocycles. The summed E-state index contributed by atoms with van der Waals surface area (Å²) >= 11 is 0. The van der Waals surface area contributed by atoms with Crippen LogP contribution in [0.5, 0.6) is 5.75 Å². The van der Waals surface area contributed by atoms with Crippen LogP contribution in [0.25, 0.3) is 10.9 Å². The number of aromatic nitrogens is 1. The Kier molecular flexibility index (Phi) is 5.78. The fourth-order valence-electron chi connectivity index (χ4n) is 2.87. The minimum absolute atomic E-state index is 0.260. The quantitative estimate of drug-likeness (QED) is 0.802. The van der Waals surface area contributed by atoms with Crippen LogP contribution >= 0.6 is 0 Å². The maximum Gasteiger partial charge on any atom is 0.129 e. The van der Waals surface area contributed by atoms with E-state index in [0.29, 0.717) is 0 Å². The molecule has 2 heterocycles. The Hall–Kier alpha value is -1.61. The van der Waals surface area contributed by atoms with Crippen molar-refractivity contribution in [2.24, 2.45) is 0 Å². The van der Waals surface area contributed by atoms with Crippen molar-refractivity contribution < 1.29 is 9.47 Å². The molecule has 22 heavy (non-hydrogen) atoms. The van der Waals surface area contributed by atoms with Crippen LogP contribution < -0.4 is 4.74 Å². The molecule has 0 spiro atoms. The van der Waals surface area contributed by atoms with Crippen molar-refractivity contribution in [1.82, 2.24) is 4.98 Å². The van der Waals surface area contributed by atoms with E-state index in [1.54, 1.807) is 0 Å². The van der Waals surface area contributed by atoms with Gasteiger partial charge in [-0.25, -0.2) is 0 Å². The summed E-state index contributed by atoms with van der Waals surface area (Å²) in [6.07, 6.45) is 2.19. The zero-order valence-corrected chi connectivity index (χ0v) is 14.4. The fraction of sp³-hybridized carbons (Fsp3) is 0.526. The number of pyridine rings is 1. The van der Waals surface area contributed by atoms with E-state index in [2.05, 4.69) is 37.0 Å². The molecule has 1 fully saturated rings. The summed E-state index contributed by atoms with van der Waals surface area (Å²) in [4.78, 5) is 4.69. The molecule has 0 unspecified atom stereocenters. The van der Waals surface area contributed by atoms with Crippen molar-refractivity contribution in [3.8, 4) is 5.75 Å². The molecule has 0 atom stereocenters. The van der Waals surface area contributed by atoms with Crippen molar-refractivity contribution in [2.75, 3.05) is 13.2 Å². The second-order valence-electron chi connectivity index (χ2n) is 5.61. The highest BCUT2D eigenvalue weighted by atomic mass is 16.5. The molecule has 0 amide bonds. The molecule has 0 saturated carbocycles. The number of fused-ring (bicyclic) bond motifs is 1. The number of nitrogens with zero attached hydrogens (tertiary/aromatic N) is 1. The normalized spacial score (nSPS) is 15.3. The Morgan fingerprint density at radius 2 is 1.73 bits per heavy atom. The maximum absolute atomic E-state index is 6.22. The molecular weight excluding hydrogens is 274 g/mol. The van der Waals surface area contributed by atoms with Gasteiger partial charge in [-0.3, -0.25) is 4.98 Å². The van der Waals surface area contributed by atoms with Crippen LogP contribution in [-0.4, -0.2) is 24.3 Å². The third-order valence-corrected chi connectivity index (χ3v) is 3.91. The maximum atomic E-state index is 6.22. The van der Waals surface area contributed by atoms with Crippen molar-refractivity contribution in [2.45, 2.75) is 53.6 Å². The van der Waals surface area contributed by atoms with Gasteiger partial charge >= 0.3 is 0 Å². The van der Waals surface area contributed by atoms with Gasteiger partial charge < -0.3 is 9.47 Å². The second kappa shape index (κ2) is 7.59. The zero-order chi connectivity index (χ0) is 16.1. The molecule has 3 rings (SSSR count). The van der Waals surface area contributed by atoms with E-state index in [-0.39, 0.29) is 6.10 Å². The van der Waals surface area contributed by atoms with E-state index in [1.807, 2.05) is 20.8 Å². The van der Waals surface area contributed by atoms with Gasteiger partial charge in [0.05, 0.1) is 18.7 Å². The molecule has 1 aromatic heterocycles. The topological polar surface area (TPSA) is 31.4 Å². The van der Waals surface area contributed by atoms with Gasteiger partial charge in [-0.05, 0) is 44.0 Å². The van der Waals surface area contributed by atoms with Gasteiger partial charge in [-0.2, -0.15) is 0 Å². The average molecular weight is 301 g/mol. The number of rotatable bonds is 2. The number of ether oxygens (including phenoxy) is 2. The second-order valence-corrected chi connectivity index (χ2v) is 5.61. The summed E-state index contributed by atoms with van der Waals surface area (Å²) in [5.41, 5.74) is 4.55. The number of aryl methyl sites for hydroxylation is 3. The first-order valence-corrected chi connectivity index (χ1v) is 8.27. The average Bonchev–Trinajstić information content (AvgIpc) is 2.53. The van der Waals surface area contributed by atoms with Crippen molar-refractivity contribution in [3.05, 3.63) is 35.0 Å². The van der Waals surface area contributed by atoms with Crippen LogP contribution in [0.2, 0.25) is 0 Å². The van der Waals surface area contributed by atoms with Crippen LogP contribution in [-0.2, 0) is 4.74 Å². The molecule has 0 radical (unpaired) electrons. The van der Waals surface area contributed by atoms with Crippen LogP contribution in [0.15, 0.2) is 18.2 Å². The summed E-state index contributed by atoms with van der Waals surface area (Å²) in [6.45, 7) is 11.9. The van der Waals surface area contributed by atoms with Crippen LogP contribution in [0.1, 0.15) is 43.5 Å². The molecule has 1 aliphatic rings. The van der Waals surface area contributed by atoms with Crippen LogP contribution in [0, 0.1) is 20.8 Å².